The Kier molecular flexibility index (Phi) is 15.5. The smallest absolute Gasteiger partial charge is 0.150 e. The molecular formula is C7H14Cl2Si. The van der Waals surface area contributed by atoms with Gasteiger partial charge in [0, 0.05) is 0 Å². The summed E-state index contributed by atoms with van der Waals surface area (Å²) in [5.74, 6) is 0. The van der Waals surface area contributed by atoms with E-state index >= 15 is 0 Å². The van der Waals surface area contributed by atoms with Crippen molar-refractivity contribution in [1.29, 1.82) is 0 Å². The third-order valence-electron chi connectivity index (χ3n) is 0.634. The van der Waals surface area contributed by atoms with Crippen LogP contribution in [-0.2, 0) is 0 Å². The fraction of sp³-hybridized carbons (Fsp3) is 0.429. The van der Waals surface area contributed by atoms with Crippen molar-refractivity contribution in [3.05, 3.63) is 25.3 Å². The van der Waals surface area contributed by atoms with Crippen LogP contribution in [0.4, 0.5) is 0 Å². The van der Waals surface area contributed by atoms with Crippen LogP contribution in [-0.4, -0.2) is 7.42 Å². The average molecular weight is 197 g/mol. The Balaban J connectivity index is 0. The van der Waals surface area contributed by atoms with Crippen molar-refractivity contribution in [2.24, 2.45) is 0 Å². The summed E-state index contributed by atoms with van der Waals surface area (Å²) in [6, 6.07) is 0.809. The second-order valence-corrected chi connectivity index (χ2v) is 6.70. The lowest BCUT2D eigenvalue weighted by Gasteiger charge is -1.83. The molecule has 0 aromatic carbocycles. The van der Waals surface area contributed by atoms with Gasteiger partial charge >= 0.3 is 0 Å². The molecule has 0 unspecified atom stereocenters. The first kappa shape index (κ1) is 12.9. The molecule has 0 saturated carbocycles. The van der Waals surface area contributed by atoms with Gasteiger partial charge < -0.3 is 0 Å². The van der Waals surface area contributed by atoms with Gasteiger partial charge in [0.2, 0.25) is 7.42 Å². The summed E-state index contributed by atoms with van der Waals surface area (Å²) in [6.07, 6.45) is 4.71. The zero-order valence-electron chi connectivity index (χ0n) is 6.32. The molecule has 60 valence electrons. The van der Waals surface area contributed by atoms with Crippen molar-refractivity contribution < 1.29 is 0 Å². The molecule has 0 nitrogen and oxygen atoms in total. The Bertz CT molecular complexity index is 81.7. The van der Waals surface area contributed by atoms with Gasteiger partial charge in [-0.1, -0.05) is 19.1 Å². The molecule has 0 aliphatic rings. The first-order valence-corrected chi connectivity index (χ1v) is 7.49. The van der Waals surface area contributed by atoms with Crippen LogP contribution in [0, 0.1) is 0 Å². The minimum Gasteiger partial charge on any atom is -0.150 e. The van der Waals surface area contributed by atoms with Crippen molar-refractivity contribution in [3.63, 3.8) is 0 Å². The third-order valence-corrected chi connectivity index (χ3v) is 2.39. The minimum atomic E-state index is -1.34. The van der Waals surface area contributed by atoms with Gasteiger partial charge in [-0.25, -0.2) is 0 Å². The van der Waals surface area contributed by atoms with E-state index in [1.54, 1.807) is 6.08 Å². The second-order valence-electron chi connectivity index (χ2n) is 1.61. The van der Waals surface area contributed by atoms with Gasteiger partial charge in [-0.15, -0.1) is 13.2 Å². The first-order valence-electron chi connectivity index (χ1n) is 3.18. The Morgan fingerprint density at radius 1 is 1.30 bits per heavy atom. The summed E-state index contributed by atoms with van der Waals surface area (Å²) >= 11 is 10.8. The van der Waals surface area contributed by atoms with Crippen molar-refractivity contribution in [2.45, 2.75) is 19.4 Å². The normalized spacial score (nSPS) is 8.00. The molecule has 0 N–H and O–H groups in total. The summed E-state index contributed by atoms with van der Waals surface area (Å²) < 4.78 is 0. The van der Waals surface area contributed by atoms with E-state index in [-0.39, 0.29) is 0 Å². The van der Waals surface area contributed by atoms with Gasteiger partial charge in [0.1, 0.15) is 0 Å². The zero-order valence-corrected chi connectivity index (χ0v) is 8.98. The van der Waals surface area contributed by atoms with Crippen LogP contribution in [0.25, 0.3) is 0 Å². The Hall–Kier alpha value is 0.277. The number of allylic oxidation sites excluding steroid dienone is 2. The van der Waals surface area contributed by atoms with Gasteiger partial charge in [0.05, 0.1) is 0 Å². The van der Waals surface area contributed by atoms with Gasteiger partial charge in [0.15, 0.2) is 0 Å². The predicted octanol–water partition coefficient (Wildman–Crippen LogP) is 3.45. The van der Waals surface area contributed by atoms with Crippen molar-refractivity contribution in [3.8, 4) is 0 Å². The topological polar surface area (TPSA) is 0 Å². The van der Waals surface area contributed by atoms with Crippen LogP contribution >= 0.6 is 22.2 Å². The summed E-state index contributed by atoms with van der Waals surface area (Å²) in [5, 5.41) is 0. The SMILES string of the molecule is C=CCC.C=CC[SiH](Cl)Cl. The molecule has 0 aromatic rings. The van der Waals surface area contributed by atoms with Crippen molar-refractivity contribution in [1.82, 2.24) is 0 Å². The Morgan fingerprint density at radius 2 is 1.70 bits per heavy atom. The highest BCUT2D eigenvalue weighted by Crippen LogP contribution is 2.01. The molecule has 0 heterocycles. The average Bonchev–Trinajstić information content (AvgIpc) is 1.89. The molecule has 0 saturated heterocycles. The van der Waals surface area contributed by atoms with E-state index in [0.717, 1.165) is 12.5 Å². The summed E-state index contributed by atoms with van der Waals surface area (Å²) in [6.45, 7) is 9.01. The van der Waals surface area contributed by atoms with Gasteiger partial charge in [-0.3, -0.25) is 0 Å². The minimum absolute atomic E-state index is 0.809. The molecule has 0 bridgehead atoms. The Labute approximate surface area is 74.6 Å². The van der Waals surface area contributed by atoms with Crippen LogP contribution in [0.1, 0.15) is 13.3 Å². The molecule has 3 heteroatoms. The van der Waals surface area contributed by atoms with Crippen LogP contribution in [0.3, 0.4) is 0 Å². The standard InChI is InChI=1S/C4H8.C3H6Cl2Si/c1-3-4-2;1-2-3-6(4)5/h3H,1,4H2,2H3;2,6H,1,3H2. The maximum Gasteiger partial charge on any atom is 0.240 e. The first-order chi connectivity index (χ1) is 4.68. The predicted molar refractivity (Wildman–Crippen MR) is 54.3 cm³/mol. The lowest BCUT2D eigenvalue weighted by molar-refractivity contribution is 1.23. The van der Waals surface area contributed by atoms with Gasteiger partial charge in [0.25, 0.3) is 0 Å². The lowest BCUT2D eigenvalue weighted by atomic mass is 10.5. The molecule has 0 fully saturated rings. The molecule has 0 rings (SSSR count). The van der Waals surface area contributed by atoms with Crippen molar-refractivity contribution >= 4 is 29.6 Å². The summed E-state index contributed by atoms with van der Waals surface area (Å²) in [4.78, 5) is 0. The number of rotatable bonds is 3. The van der Waals surface area contributed by atoms with Crippen LogP contribution in [0.2, 0.25) is 6.04 Å². The monoisotopic (exact) mass is 196 g/mol. The molecule has 0 aliphatic carbocycles. The van der Waals surface area contributed by atoms with E-state index in [2.05, 4.69) is 20.1 Å². The molecule has 0 aromatic heterocycles. The Morgan fingerprint density at radius 3 is 1.70 bits per heavy atom. The van der Waals surface area contributed by atoms with Crippen LogP contribution in [0.15, 0.2) is 25.3 Å². The summed E-state index contributed by atoms with van der Waals surface area (Å²) in [7, 11) is -1.34. The molecular weight excluding hydrogens is 183 g/mol. The largest absolute Gasteiger partial charge is 0.240 e. The molecule has 0 aliphatic heterocycles. The molecule has 0 atom stereocenters. The van der Waals surface area contributed by atoms with E-state index in [0.29, 0.717) is 0 Å². The third kappa shape index (κ3) is 24.0. The molecule has 0 spiro atoms. The highest BCUT2D eigenvalue weighted by atomic mass is 35.7. The van der Waals surface area contributed by atoms with E-state index < -0.39 is 7.42 Å². The highest BCUT2D eigenvalue weighted by molar-refractivity contribution is 7.33. The zero-order chi connectivity index (χ0) is 8.41. The maximum absolute atomic E-state index is 5.41. The second kappa shape index (κ2) is 12.0. The van der Waals surface area contributed by atoms with Crippen LogP contribution in [0.5, 0.6) is 0 Å². The summed E-state index contributed by atoms with van der Waals surface area (Å²) in [5.41, 5.74) is 0. The molecule has 0 amide bonds. The van der Waals surface area contributed by atoms with E-state index in [1.807, 2.05) is 6.08 Å². The van der Waals surface area contributed by atoms with E-state index in [4.69, 9.17) is 22.2 Å². The maximum atomic E-state index is 5.41. The van der Waals surface area contributed by atoms with E-state index in [1.165, 1.54) is 0 Å². The quantitative estimate of drug-likeness (QED) is 0.369. The fourth-order valence-electron chi connectivity index (χ4n) is 0.126. The lowest BCUT2D eigenvalue weighted by Crippen LogP contribution is -1.84. The fourth-order valence-corrected chi connectivity index (χ4v) is 1.13. The van der Waals surface area contributed by atoms with Crippen LogP contribution < -0.4 is 0 Å². The number of halogens is 2. The number of hydrogen-bond donors (Lipinski definition) is 0. The van der Waals surface area contributed by atoms with E-state index in [9.17, 15) is 0 Å². The molecule has 10 heavy (non-hydrogen) atoms. The number of hydrogen-bond acceptors (Lipinski definition) is 0. The van der Waals surface area contributed by atoms with Gasteiger partial charge in [-0.2, -0.15) is 22.2 Å². The van der Waals surface area contributed by atoms with Crippen molar-refractivity contribution in [2.75, 3.05) is 0 Å². The van der Waals surface area contributed by atoms with Gasteiger partial charge in [-0.05, 0) is 12.5 Å². The highest BCUT2D eigenvalue weighted by Gasteiger charge is 1.93. The molecule has 0 radical (unpaired) electrons.